The second-order valence-electron chi connectivity index (χ2n) is 5.95. The standard InChI is InChI=1S/C17H22N4O2S/c1-2-12-5-7-13(8-6-12)18-16(23)17-20-19-15(24-17)10-21-9-3-4-14(21)11-22/h5-8,14,22H,2-4,9-11H2,1H3,(H,18,23)/t14-/m0/s1. The summed E-state index contributed by atoms with van der Waals surface area (Å²) in [7, 11) is 0. The van der Waals surface area contributed by atoms with Gasteiger partial charge in [0.1, 0.15) is 5.01 Å². The number of carbonyl (C=O) groups excluding carboxylic acids is 1. The number of aryl methyl sites for hydroxylation is 1. The number of benzene rings is 1. The highest BCUT2D eigenvalue weighted by atomic mass is 32.1. The lowest BCUT2D eigenvalue weighted by Crippen LogP contribution is -2.31. The van der Waals surface area contributed by atoms with E-state index in [1.165, 1.54) is 16.9 Å². The molecule has 0 bridgehead atoms. The third-order valence-corrected chi connectivity index (χ3v) is 5.24. The van der Waals surface area contributed by atoms with Crippen LogP contribution in [0.15, 0.2) is 24.3 Å². The minimum absolute atomic E-state index is 0.167. The molecule has 1 atom stereocenters. The fourth-order valence-corrected chi connectivity index (χ4v) is 3.66. The summed E-state index contributed by atoms with van der Waals surface area (Å²) in [6.07, 6.45) is 3.07. The number of aliphatic hydroxyl groups excluding tert-OH is 1. The third kappa shape index (κ3) is 3.98. The molecule has 1 aromatic carbocycles. The number of hydrogen-bond donors (Lipinski definition) is 2. The number of nitrogens with one attached hydrogen (secondary N) is 1. The van der Waals surface area contributed by atoms with Gasteiger partial charge in [-0.05, 0) is 43.5 Å². The fraction of sp³-hybridized carbons (Fsp3) is 0.471. The summed E-state index contributed by atoms with van der Waals surface area (Å²) in [5.74, 6) is -0.233. The maximum atomic E-state index is 12.3. The van der Waals surface area contributed by atoms with Crippen LogP contribution in [0.3, 0.4) is 0 Å². The average Bonchev–Trinajstić information content (AvgIpc) is 3.25. The Balaban J connectivity index is 1.60. The number of likely N-dealkylation sites (tertiary alicyclic amines) is 1. The van der Waals surface area contributed by atoms with E-state index in [-0.39, 0.29) is 18.6 Å². The summed E-state index contributed by atoms with van der Waals surface area (Å²) in [5, 5.41) is 21.5. The zero-order valence-corrected chi connectivity index (χ0v) is 14.6. The minimum Gasteiger partial charge on any atom is -0.395 e. The second kappa shape index (κ2) is 7.83. The Kier molecular flexibility index (Phi) is 5.55. The number of hydrogen-bond acceptors (Lipinski definition) is 6. The molecule has 2 aromatic rings. The van der Waals surface area contributed by atoms with E-state index < -0.39 is 0 Å². The Morgan fingerprint density at radius 3 is 2.88 bits per heavy atom. The van der Waals surface area contributed by atoms with E-state index in [4.69, 9.17) is 0 Å². The molecule has 3 rings (SSSR count). The largest absolute Gasteiger partial charge is 0.395 e. The molecule has 24 heavy (non-hydrogen) atoms. The molecule has 1 aliphatic rings. The Morgan fingerprint density at radius 2 is 2.17 bits per heavy atom. The molecule has 0 spiro atoms. The first-order valence-electron chi connectivity index (χ1n) is 8.27. The summed E-state index contributed by atoms with van der Waals surface area (Å²) in [4.78, 5) is 14.5. The Hall–Kier alpha value is -1.83. The van der Waals surface area contributed by atoms with Gasteiger partial charge in [0.2, 0.25) is 5.01 Å². The highest BCUT2D eigenvalue weighted by Gasteiger charge is 2.25. The van der Waals surface area contributed by atoms with E-state index >= 15 is 0 Å². The number of aliphatic hydroxyl groups is 1. The van der Waals surface area contributed by atoms with E-state index in [0.29, 0.717) is 11.6 Å². The van der Waals surface area contributed by atoms with Gasteiger partial charge in [-0.15, -0.1) is 10.2 Å². The number of nitrogens with zero attached hydrogens (tertiary/aromatic N) is 3. The summed E-state index contributed by atoms with van der Waals surface area (Å²) in [6.45, 7) is 3.86. The maximum Gasteiger partial charge on any atom is 0.286 e. The Morgan fingerprint density at radius 1 is 1.38 bits per heavy atom. The number of aromatic nitrogens is 2. The van der Waals surface area contributed by atoms with Gasteiger partial charge in [-0.25, -0.2) is 0 Å². The molecule has 2 heterocycles. The first-order valence-corrected chi connectivity index (χ1v) is 9.09. The van der Waals surface area contributed by atoms with Crippen molar-refractivity contribution < 1.29 is 9.90 Å². The maximum absolute atomic E-state index is 12.3. The average molecular weight is 346 g/mol. The van der Waals surface area contributed by atoms with E-state index in [2.05, 4.69) is 27.3 Å². The summed E-state index contributed by atoms with van der Waals surface area (Å²) < 4.78 is 0. The van der Waals surface area contributed by atoms with Crippen molar-refractivity contribution in [2.75, 3.05) is 18.5 Å². The summed E-state index contributed by atoms with van der Waals surface area (Å²) in [5.41, 5.74) is 1.99. The van der Waals surface area contributed by atoms with Crippen molar-refractivity contribution in [3.63, 3.8) is 0 Å². The lowest BCUT2D eigenvalue weighted by Gasteiger charge is -2.20. The van der Waals surface area contributed by atoms with Crippen LogP contribution in [-0.2, 0) is 13.0 Å². The number of amides is 1. The number of rotatable bonds is 6. The molecular formula is C17H22N4O2S. The van der Waals surface area contributed by atoms with Crippen LogP contribution < -0.4 is 5.32 Å². The lowest BCUT2D eigenvalue weighted by atomic mass is 10.1. The zero-order valence-electron chi connectivity index (χ0n) is 13.7. The van der Waals surface area contributed by atoms with E-state index in [1.807, 2.05) is 24.3 Å². The summed E-state index contributed by atoms with van der Waals surface area (Å²) >= 11 is 1.31. The van der Waals surface area contributed by atoms with Gasteiger partial charge >= 0.3 is 0 Å². The van der Waals surface area contributed by atoms with Crippen LogP contribution in [0.4, 0.5) is 5.69 Å². The predicted octanol–water partition coefficient (Wildman–Crippen LogP) is 2.31. The van der Waals surface area contributed by atoms with Crippen molar-refractivity contribution in [3.8, 4) is 0 Å². The van der Waals surface area contributed by atoms with Gasteiger partial charge < -0.3 is 10.4 Å². The Labute approximate surface area is 145 Å². The topological polar surface area (TPSA) is 78.4 Å². The van der Waals surface area contributed by atoms with Gasteiger partial charge in [0.15, 0.2) is 0 Å². The zero-order chi connectivity index (χ0) is 16.9. The molecule has 1 amide bonds. The first-order chi connectivity index (χ1) is 11.7. The van der Waals surface area contributed by atoms with Gasteiger partial charge in [-0.1, -0.05) is 30.4 Å². The smallest absolute Gasteiger partial charge is 0.286 e. The van der Waals surface area contributed by atoms with Crippen molar-refractivity contribution in [2.24, 2.45) is 0 Å². The molecule has 0 aliphatic carbocycles. The van der Waals surface area contributed by atoms with Gasteiger partial charge in [0.25, 0.3) is 5.91 Å². The molecule has 128 valence electrons. The molecule has 6 nitrogen and oxygen atoms in total. The van der Waals surface area contributed by atoms with Gasteiger partial charge in [0.05, 0.1) is 13.2 Å². The third-order valence-electron chi connectivity index (χ3n) is 4.33. The van der Waals surface area contributed by atoms with Crippen LogP contribution in [0, 0.1) is 0 Å². The van der Waals surface area contributed by atoms with Crippen molar-refractivity contribution in [1.82, 2.24) is 15.1 Å². The van der Waals surface area contributed by atoms with Crippen LogP contribution in [0.25, 0.3) is 0 Å². The highest BCUT2D eigenvalue weighted by Crippen LogP contribution is 2.21. The fourth-order valence-electron chi connectivity index (χ4n) is 2.90. The molecular weight excluding hydrogens is 324 g/mol. The number of carbonyl (C=O) groups is 1. The van der Waals surface area contributed by atoms with E-state index in [0.717, 1.165) is 36.5 Å². The predicted molar refractivity (Wildman–Crippen MR) is 94.2 cm³/mol. The van der Waals surface area contributed by atoms with Gasteiger partial charge in [0, 0.05) is 11.7 Å². The monoisotopic (exact) mass is 346 g/mol. The summed E-state index contributed by atoms with van der Waals surface area (Å²) in [6, 6.07) is 8.00. The molecule has 0 saturated carbocycles. The first kappa shape index (κ1) is 17.0. The minimum atomic E-state index is -0.233. The van der Waals surface area contributed by atoms with Crippen molar-refractivity contribution in [3.05, 3.63) is 39.8 Å². The van der Waals surface area contributed by atoms with Crippen LogP contribution in [0.5, 0.6) is 0 Å². The van der Waals surface area contributed by atoms with E-state index in [1.54, 1.807) is 0 Å². The quantitative estimate of drug-likeness (QED) is 0.839. The molecule has 1 fully saturated rings. The normalized spacial score (nSPS) is 18.0. The molecule has 0 radical (unpaired) electrons. The molecule has 1 aromatic heterocycles. The molecule has 1 aliphatic heterocycles. The van der Waals surface area contributed by atoms with Crippen LogP contribution in [0.2, 0.25) is 0 Å². The SMILES string of the molecule is CCc1ccc(NC(=O)c2nnc(CN3CCC[C@H]3CO)s2)cc1. The van der Waals surface area contributed by atoms with Crippen molar-refractivity contribution in [1.29, 1.82) is 0 Å². The van der Waals surface area contributed by atoms with Crippen LogP contribution >= 0.6 is 11.3 Å². The second-order valence-corrected chi connectivity index (χ2v) is 7.02. The molecule has 7 heteroatoms. The van der Waals surface area contributed by atoms with Gasteiger partial charge in [-0.2, -0.15) is 0 Å². The Bertz CT molecular complexity index is 686. The lowest BCUT2D eigenvalue weighted by molar-refractivity contribution is 0.102. The van der Waals surface area contributed by atoms with Crippen molar-refractivity contribution >= 4 is 22.9 Å². The van der Waals surface area contributed by atoms with Crippen LogP contribution in [0.1, 0.15) is 40.1 Å². The highest BCUT2D eigenvalue weighted by molar-refractivity contribution is 7.13. The number of anilines is 1. The molecule has 1 saturated heterocycles. The van der Waals surface area contributed by atoms with Crippen molar-refractivity contribution in [2.45, 2.75) is 38.8 Å². The van der Waals surface area contributed by atoms with Gasteiger partial charge in [-0.3, -0.25) is 9.69 Å². The van der Waals surface area contributed by atoms with Crippen LogP contribution in [-0.4, -0.2) is 45.3 Å². The molecule has 2 N–H and O–H groups in total. The molecule has 0 unspecified atom stereocenters. The van der Waals surface area contributed by atoms with E-state index in [9.17, 15) is 9.90 Å².